The highest BCUT2D eigenvalue weighted by atomic mass is 19.3. The molecule has 1 aromatic carbocycles. The van der Waals surface area contributed by atoms with E-state index >= 15 is 0 Å². The molecule has 1 saturated heterocycles. The molecule has 1 aliphatic heterocycles. The van der Waals surface area contributed by atoms with Gasteiger partial charge >= 0.3 is 6.61 Å². The van der Waals surface area contributed by atoms with Gasteiger partial charge < -0.3 is 20.1 Å². The van der Waals surface area contributed by atoms with Crippen molar-refractivity contribution in [3.05, 3.63) is 23.9 Å². The Kier molecular flexibility index (Phi) is 6.57. The zero-order valence-corrected chi connectivity index (χ0v) is 15.2. The van der Waals surface area contributed by atoms with Gasteiger partial charge in [-0.15, -0.1) is 0 Å². The fraction of sp³-hybridized carbons (Fsp3) is 0.556. The van der Waals surface area contributed by atoms with Crippen molar-refractivity contribution in [1.82, 2.24) is 20.4 Å². The van der Waals surface area contributed by atoms with Crippen LogP contribution in [0, 0.1) is 5.92 Å². The highest BCUT2D eigenvalue weighted by Gasteiger charge is 2.21. The summed E-state index contributed by atoms with van der Waals surface area (Å²) in [7, 11) is 1.51. The summed E-state index contributed by atoms with van der Waals surface area (Å²) in [5, 5.41) is 10.8. The van der Waals surface area contributed by atoms with Crippen LogP contribution >= 0.6 is 0 Å². The molecule has 0 radical (unpaired) electrons. The number of amides is 1. The van der Waals surface area contributed by atoms with Gasteiger partial charge in [-0.1, -0.05) is 0 Å². The third-order valence-electron chi connectivity index (χ3n) is 4.63. The van der Waals surface area contributed by atoms with E-state index in [4.69, 9.17) is 9.47 Å². The second kappa shape index (κ2) is 9.09. The maximum atomic E-state index is 13.0. The molecule has 9 heteroatoms. The average molecular weight is 382 g/mol. The first-order chi connectivity index (χ1) is 13.1. The minimum Gasteiger partial charge on any atom is -0.433 e. The van der Waals surface area contributed by atoms with Crippen LogP contribution in [0.5, 0.6) is 5.75 Å². The fourth-order valence-electron chi connectivity index (χ4n) is 3.30. The van der Waals surface area contributed by atoms with Gasteiger partial charge in [0.15, 0.2) is 0 Å². The molecule has 1 amide bonds. The number of aromatic nitrogens is 2. The van der Waals surface area contributed by atoms with Gasteiger partial charge in [-0.05, 0) is 44.0 Å². The number of methoxy groups -OCH3 is 1. The molecule has 0 aliphatic carbocycles. The molecule has 27 heavy (non-hydrogen) atoms. The first-order valence-electron chi connectivity index (χ1n) is 9.01. The molecule has 3 rings (SSSR count). The molecule has 2 N–H and O–H groups in total. The first kappa shape index (κ1) is 19.5. The van der Waals surface area contributed by atoms with E-state index in [1.54, 1.807) is 16.9 Å². The molecule has 0 unspecified atom stereocenters. The lowest BCUT2D eigenvalue weighted by molar-refractivity contribution is -0.0491. The maximum Gasteiger partial charge on any atom is 0.387 e. The highest BCUT2D eigenvalue weighted by molar-refractivity contribution is 6.03. The average Bonchev–Trinajstić information content (AvgIpc) is 3.05. The van der Waals surface area contributed by atoms with Gasteiger partial charge in [-0.2, -0.15) is 13.9 Å². The van der Waals surface area contributed by atoms with Crippen molar-refractivity contribution in [1.29, 1.82) is 0 Å². The van der Waals surface area contributed by atoms with Crippen molar-refractivity contribution < 1.29 is 23.0 Å². The molecular formula is C18H24F2N4O3. The van der Waals surface area contributed by atoms with Crippen molar-refractivity contribution >= 4 is 16.8 Å². The van der Waals surface area contributed by atoms with E-state index in [9.17, 15) is 13.6 Å². The predicted octanol–water partition coefficient (Wildman–Crippen LogP) is 2.01. The number of hydrogen-bond donors (Lipinski definition) is 2. The maximum absolute atomic E-state index is 13.0. The number of benzene rings is 1. The van der Waals surface area contributed by atoms with Crippen molar-refractivity contribution in [3.8, 4) is 5.75 Å². The Labute approximate surface area is 156 Å². The minimum absolute atomic E-state index is 0.0559. The van der Waals surface area contributed by atoms with E-state index < -0.39 is 12.5 Å². The molecular weight excluding hydrogens is 358 g/mol. The number of rotatable bonds is 8. The third-order valence-corrected chi connectivity index (χ3v) is 4.63. The topological polar surface area (TPSA) is 77.4 Å². The van der Waals surface area contributed by atoms with Crippen LogP contribution in [-0.4, -0.2) is 55.7 Å². The van der Waals surface area contributed by atoms with E-state index in [1.165, 1.54) is 13.2 Å². The van der Waals surface area contributed by atoms with E-state index in [0.717, 1.165) is 25.9 Å². The Balaban J connectivity index is 1.87. The summed E-state index contributed by atoms with van der Waals surface area (Å²) >= 11 is 0. The SMILES string of the molecule is COCCNC(=O)c1ccc2nn(CC3CCNCC3)cc2c1OC(F)F. The molecule has 1 fully saturated rings. The van der Waals surface area contributed by atoms with Crippen LogP contribution in [0.4, 0.5) is 8.78 Å². The Morgan fingerprint density at radius 2 is 2.19 bits per heavy atom. The molecule has 0 atom stereocenters. The van der Waals surface area contributed by atoms with E-state index in [1.807, 2.05) is 0 Å². The van der Waals surface area contributed by atoms with E-state index in [-0.39, 0.29) is 17.9 Å². The summed E-state index contributed by atoms with van der Waals surface area (Å²) in [6.07, 6.45) is 3.77. The van der Waals surface area contributed by atoms with Gasteiger partial charge in [0.25, 0.3) is 5.91 Å². The second-order valence-electron chi connectivity index (χ2n) is 6.55. The lowest BCUT2D eigenvalue weighted by atomic mass is 9.98. The van der Waals surface area contributed by atoms with Crippen LogP contribution in [0.3, 0.4) is 0 Å². The monoisotopic (exact) mass is 382 g/mol. The number of nitrogens with one attached hydrogen (secondary N) is 2. The van der Waals surface area contributed by atoms with Crippen LogP contribution in [0.15, 0.2) is 18.3 Å². The molecule has 2 heterocycles. The summed E-state index contributed by atoms with van der Waals surface area (Å²) in [5.74, 6) is -0.151. The lowest BCUT2D eigenvalue weighted by Crippen LogP contribution is -2.29. The molecule has 2 aromatic rings. The van der Waals surface area contributed by atoms with Crippen molar-refractivity contribution in [3.63, 3.8) is 0 Å². The summed E-state index contributed by atoms with van der Waals surface area (Å²) in [6, 6.07) is 3.11. The van der Waals surface area contributed by atoms with E-state index in [2.05, 4.69) is 15.7 Å². The molecule has 0 spiro atoms. The van der Waals surface area contributed by atoms with Crippen LogP contribution in [0.25, 0.3) is 10.9 Å². The normalized spacial score (nSPS) is 15.4. The molecule has 1 aliphatic rings. The minimum atomic E-state index is -3.03. The van der Waals surface area contributed by atoms with Gasteiger partial charge in [0, 0.05) is 26.4 Å². The second-order valence-corrected chi connectivity index (χ2v) is 6.55. The van der Waals surface area contributed by atoms with E-state index in [0.29, 0.717) is 30.0 Å². The van der Waals surface area contributed by atoms with Gasteiger partial charge in [0.2, 0.25) is 0 Å². The fourth-order valence-corrected chi connectivity index (χ4v) is 3.30. The summed E-state index contributed by atoms with van der Waals surface area (Å²) in [5.41, 5.74) is 0.577. The van der Waals surface area contributed by atoms with Crippen LogP contribution in [-0.2, 0) is 11.3 Å². The number of carbonyl (C=O) groups excluding carboxylic acids is 1. The number of alkyl halides is 2. The Morgan fingerprint density at radius 3 is 2.89 bits per heavy atom. The number of fused-ring (bicyclic) bond motifs is 1. The smallest absolute Gasteiger partial charge is 0.387 e. The Hall–Kier alpha value is -2.26. The van der Waals surface area contributed by atoms with Gasteiger partial charge in [0.1, 0.15) is 5.75 Å². The molecule has 1 aromatic heterocycles. The third kappa shape index (κ3) is 4.92. The molecule has 148 valence electrons. The van der Waals surface area contributed by atoms with Crippen molar-refractivity contribution in [2.75, 3.05) is 33.4 Å². The van der Waals surface area contributed by atoms with Crippen LogP contribution in [0.1, 0.15) is 23.2 Å². The van der Waals surface area contributed by atoms with Gasteiger partial charge in [0.05, 0.1) is 23.1 Å². The quantitative estimate of drug-likeness (QED) is 0.683. The van der Waals surface area contributed by atoms with Crippen LogP contribution < -0.4 is 15.4 Å². The Morgan fingerprint density at radius 1 is 1.41 bits per heavy atom. The summed E-state index contributed by atoms with van der Waals surface area (Å²) < 4.78 is 37.3. The summed E-state index contributed by atoms with van der Waals surface area (Å²) in [6.45, 7) is 0.214. The number of halogens is 2. The van der Waals surface area contributed by atoms with Gasteiger partial charge in [-0.3, -0.25) is 9.48 Å². The largest absolute Gasteiger partial charge is 0.433 e. The Bertz CT molecular complexity index is 775. The standard InChI is InChI=1S/C18H24F2N4O3/c1-26-9-8-22-17(25)13-2-3-15-14(16(13)27-18(19)20)11-24(23-15)10-12-4-6-21-7-5-12/h2-3,11-12,18,21H,4-10H2,1H3,(H,22,25). The molecule has 0 saturated carbocycles. The number of carbonyl (C=O) groups is 1. The lowest BCUT2D eigenvalue weighted by Gasteiger charge is -2.22. The predicted molar refractivity (Wildman–Crippen MR) is 96.2 cm³/mol. The summed E-state index contributed by atoms with van der Waals surface area (Å²) in [4.78, 5) is 12.4. The van der Waals surface area contributed by atoms with Crippen molar-refractivity contribution in [2.45, 2.75) is 26.0 Å². The first-order valence-corrected chi connectivity index (χ1v) is 9.01. The van der Waals surface area contributed by atoms with Gasteiger partial charge in [-0.25, -0.2) is 0 Å². The number of nitrogens with zero attached hydrogens (tertiary/aromatic N) is 2. The molecule has 0 bridgehead atoms. The zero-order chi connectivity index (χ0) is 19.2. The number of piperidine rings is 1. The number of hydrogen-bond acceptors (Lipinski definition) is 5. The zero-order valence-electron chi connectivity index (χ0n) is 15.2. The van der Waals surface area contributed by atoms with Crippen LogP contribution in [0.2, 0.25) is 0 Å². The number of ether oxygens (including phenoxy) is 2. The van der Waals surface area contributed by atoms with Crippen molar-refractivity contribution in [2.24, 2.45) is 5.92 Å². The molecule has 7 nitrogen and oxygen atoms in total. The highest BCUT2D eigenvalue weighted by Crippen LogP contribution is 2.31.